The summed E-state index contributed by atoms with van der Waals surface area (Å²) >= 11 is 8.88. The van der Waals surface area contributed by atoms with Gasteiger partial charge in [0.05, 0.1) is 10.9 Å². The van der Waals surface area contributed by atoms with Crippen LogP contribution in [0.3, 0.4) is 0 Å². The van der Waals surface area contributed by atoms with E-state index in [4.69, 9.17) is 16.7 Å². The normalized spacial score (nSPS) is 9.00. The molecule has 0 heterocycles. The second kappa shape index (κ2) is 5.04. The monoisotopic (exact) mass is 272 g/mol. The minimum atomic E-state index is -1.01. The lowest BCUT2D eigenvalue weighted by Gasteiger charge is -1.97. The molecule has 0 saturated carbocycles. The Bertz CT molecular complexity index is 418. The van der Waals surface area contributed by atoms with Crippen molar-refractivity contribution in [3.05, 3.63) is 34.3 Å². The van der Waals surface area contributed by atoms with E-state index in [2.05, 4.69) is 27.8 Å². The third-order valence-electron chi connectivity index (χ3n) is 1.44. The summed E-state index contributed by atoms with van der Waals surface area (Å²) < 4.78 is 0. The topological polar surface area (TPSA) is 37.3 Å². The molecule has 2 nitrogen and oxygen atoms in total. The average Bonchev–Trinajstić information content (AvgIpc) is 2.14. The fourth-order valence-corrected chi connectivity index (χ4v) is 1.30. The van der Waals surface area contributed by atoms with Gasteiger partial charge in [0.25, 0.3) is 0 Å². The van der Waals surface area contributed by atoms with E-state index in [1.54, 1.807) is 6.07 Å². The second-order valence-corrected chi connectivity index (χ2v) is 3.47. The third kappa shape index (κ3) is 3.06. The van der Waals surface area contributed by atoms with Crippen molar-refractivity contribution in [2.24, 2.45) is 0 Å². The van der Waals surface area contributed by atoms with Crippen molar-refractivity contribution in [3.8, 4) is 11.8 Å². The number of benzene rings is 1. The predicted octanol–water partition coefficient (Wildman–Crippen LogP) is 2.78. The number of rotatable bonds is 1. The lowest BCUT2D eigenvalue weighted by Crippen LogP contribution is -1.96. The van der Waals surface area contributed by atoms with Gasteiger partial charge in [-0.3, -0.25) is 0 Å². The Morgan fingerprint density at radius 1 is 1.50 bits per heavy atom. The maximum atomic E-state index is 10.7. The summed E-state index contributed by atoms with van der Waals surface area (Å²) in [5, 5.41) is 9.67. The van der Waals surface area contributed by atoms with E-state index in [1.165, 1.54) is 12.1 Å². The first-order valence-corrected chi connectivity index (χ1v) is 5.22. The van der Waals surface area contributed by atoms with Gasteiger partial charge >= 0.3 is 5.97 Å². The molecule has 0 radical (unpaired) electrons. The van der Waals surface area contributed by atoms with Crippen LogP contribution < -0.4 is 0 Å². The summed E-state index contributed by atoms with van der Waals surface area (Å²) in [5.74, 6) is 4.55. The van der Waals surface area contributed by atoms with Crippen LogP contribution in [0, 0.1) is 11.8 Å². The first kappa shape index (κ1) is 11.1. The molecule has 1 N–H and O–H groups in total. The van der Waals surface area contributed by atoms with Crippen molar-refractivity contribution < 1.29 is 9.90 Å². The van der Waals surface area contributed by atoms with Crippen molar-refractivity contribution in [1.29, 1.82) is 0 Å². The number of hydrogen-bond acceptors (Lipinski definition) is 1. The molecule has 0 fully saturated rings. The summed E-state index contributed by atoms with van der Waals surface area (Å²) in [6.45, 7) is 0. The molecule has 0 aliphatic rings. The highest BCUT2D eigenvalue weighted by Gasteiger charge is 2.04. The highest BCUT2D eigenvalue weighted by molar-refractivity contribution is 9.09. The molecular formula is C10H6BrClO2. The van der Waals surface area contributed by atoms with Gasteiger partial charge in [-0.2, -0.15) is 0 Å². The second-order valence-electron chi connectivity index (χ2n) is 2.47. The number of carboxylic acids is 1. The van der Waals surface area contributed by atoms with Crippen molar-refractivity contribution in [2.45, 2.75) is 0 Å². The molecular weight excluding hydrogens is 267 g/mol. The summed E-state index contributed by atoms with van der Waals surface area (Å²) in [6, 6.07) is 4.51. The minimum absolute atomic E-state index is 0.149. The summed E-state index contributed by atoms with van der Waals surface area (Å²) in [4.78, 5) is 10.7. The summed E-state index contributed by atoms with van der Waals surface area (Å²) in [7, 11) is 0. The highest BCUT2D eigenvalue weighted by atomic mass is 79.9. The molecule has 4 heteroatoms. The van der Waals surface area contributed by atoms with Crippen LogP contribution in [0.25, 0.3) is 0 Å². The van der Waals surface area contributed by atoms with Crippen molar-refractivity contribution in [3.63, 3.8) is 0 Å². The maximum absolute atomic E-state index is 10.7. The van der Waals surface area contributed by atoms with E-state index in [0.29, 0.717) is 15.9 Å². The highest BCUT2D eigenvalue weighted by Crippen LogP contribution is 2.14. The van der Waals surface area contributed by atoms with Crippen LogP contribution in [0.15, 0.2) is 18.2 Å². The zero-order valence-corrected chi connectivity index (χ0v) is 9.39. The van der Waals surface area contributed by atoms with Gasteiger partial charge in [0.15, 0.2) is 0 Å². The van der Waals surface area contributed by atoms with Gasteiger partial charge in [0.2, 0.25) is 0 Å². The molecule has 0 aliphatic carbocycles. The van der Waals surface area contributed by atoms with Crippen molar-refractivity contribution >= 4 is 33.5 Å². The van der Waals surface area contributed by atoms with E-state index in [9.17, 15) is 4.79 Å². The smallest absolute Gasteiger partial charge is 0.335 e. The van der Waals surface area contributed by atoms with Gasteiger partial charge in [-0.25, -0.2) is 4.79 Å². The quantitative estimate of drug-likeness (QED) is 0.631. The Balaban J connectivity index is 3.13. The fraction of sp³-hybridized carbons (Fsp3) is 0.100. The van der Waals surface area contributed by atoms with E-state index in [0.717, 1.165) is 0 Å². The predicted molar refractivity (Wildman–Crippen MR) is 59.1 cm³/mol. The van der Waals surface area contributed by atoms with Crippen LogP contribution in [-0.2, 0) is 0 Å². The molecule has 72 valence electrons. The van der Waals surface area contributed by atoms with Crippen LogP contribution in [0.5, 0.6) is 0 Å². The first-order chi connectivity index (χ1) is 6.63. The molecule has 14 heavy (non-hydrogen) atoms. The van der Waals surface area contributed by atoms with Crippen LogP contribution >= 0.6 is 27.5 Å². The molecule has 0 atom stereocenters. The number of aromatic carboxylic acids is 1. The third-order valence-corrected chi connectivity index (χ3v) is 1.94. The Morgan fingerprint density at radius 2 is 2.21 bits per heavy atom. The van der Waals surface area contributed by atoms with Crippen molar-refractivity contribution in [1.82, 2.24) is 0 Å². The first-order valence-electron chi connectivity index (χ1n) is 3.72. The zero-order chi connectivity index (χ0) is 10.6. The number of carboxylic acid groups (broad SMARTS) is 1. The number of alkyl halides is 1. The van der Waals surface area contributed by atoms with E-state index < -0.39 is 5.97 Å². The molecule has 1 rings (SSSR count). The minimum Gasteiger partial charge on any atom is -0.478 e. The zero-order valence-electron chi connectivity index (χ0n) is 7.05. The number of halogens is 2. The van der Waals surface area contributed by atoms with Gasteiger partial charge in [-0.15, -0.1) is 0 Å². The Labute approximate surface area is 95.0 Å². The number of hydrogen-bond donors (Lipinski definition) is 1. The molecule has 0 aliphatic heterocycles. The molecule has 1 aromatic rings. The Hall–Kier alpha value is -0.980. The average molecular weight is 274 g/mol. The van der Waals surface area contributed by atoms with Crippen LogP contribution in [0.4, 0.5) is 0 Å². The SMILES string of the molecule is O=C(O)c1cc(Cl)cc(C#CCBr)c1. The van der Waals surface area contributed by atoms with Gasteiger partial charge in [0.1, 0.15) is 0 Å². The van der Waals surface area contributed by atoms with Crippen LogP contribution in [0.2, 0.25) is 5.02 Å². The standard InChI is InChI=1S/C10H6BrClO2/c11-3-1-2-7-4-8(10(13)14)6-9(12)5-7/h4-6H,3H2,(H,13,14). The Kier molecular flexibility index (Phi) is 3.99. The molecule has 0 unspecified atom stereocenters. The molecule has 0 aromatic heterocycles. The van der Waals surface area contributed by atoms with Crippen LogP contribution in [-0.4, -0.2) is 16.4 Å². The molecule has 1 aromatic carbocycles. The van der Waals surface area contributed by atoms with Gasteiger partial charge < -0.3 is 5.11 Å². The fourth-order valence-electron chi connectivity index (χ4n) is 0.921. The lowest BCUT2D eigenvalue weighted by molar-refractivity contribution is 0.0697. The summed E-state index contributed by atoms with van der Waals surface area (Å²) in [5.41, 5.74) is 0.755. The summed E-state index contributed by atoms with van der Waals surface area (Å²) in [6.07, 6.45) is 0. The van der Waals surface area contributed by atoms with Gasteiger partial charge in [-0.1, -0.05) is 39.4 Å². The Morgan fingerprint density at radius 3 is 2.79 bits per heavy atom. The van der Waals surface area contributed by atoms with Gasteiger partial charge in [0, 0.05) is 10.6 Å². The van der Waals surface area contributed by atoms with Gasteiger partial charge in [-0.05, 0) is 18.2 Å². The maximum Gasteiger partial charge on any atom is 0.335 e. The largest absolute Gasteiger partial charge is 0.478 e. The van der Waals surface area contributed by atoms with E-state index in [-0.39, 0.29) is 5.56 Å². The van der Waals surface area contributed by atoms with Crippen molar-refractivity contribution in [2.75, 3.05) is 5.33 Å². The molecule has 0 spiro atoms. The van der Waals surface area contributed by atoms with Crippen LogP contribution in [0.1, 0.15) is 15.9 Å². The molecule has 0 bridgehead atoms. The van der Waals surface area contributed by atoms with E-state index in [1.807, 2.05) is 0 Å². The lowest BCUT2D eigenvalue weighted by atomic mass is 10.1. The number of carbonyl (C=O) groups is 1. The van der Waals surface area contributed by atoms with E-state index >= 15 is 0 Å². The molecule has 0 amide bonds. The molecule has 0 saturated heterocycles.